The van der Waals surface area contributed by atoms with Crippen LogP contribution in [0.5, 0.6) is 0 Å². The lowest BCUT2D eigenvalue weighted by Crippen LogP contribution is -2.14. The average Bonchev–Trinajstić information content (AvgIpc) is 3.60. The summed E-state index contributed by atoms with van der Waals surface area (Å²) in [6.45, 7) is 4.64. The molecule has 0 unspecified atom stereocenters. The van der Waals surface area contributed by atoms with Crippen LogP contribution in [0, 0.1) is 0 Å². The summed E-state index contributed by atoms with van der Waals surface area (Å²) < 4.78 is 6.41. The first-order chi connectivity index (χ1) is 22.6. The minimum atomic E-state index is -0.122. The molecule has 8 aromatic rings. The second kappa shape index (κ2) is 10.1. The van der Waals surface area contributed by atoms with Crippen molar-refractivity contribution in [3.63, 3.8) is 0 Å². The van der Waals surface area contributed by atoms with Crippen molar-refractivity contribution in [3.05, 3.63) is 151 Å². The zero-order valence-corrected chi connectivity index (χ0v) is 25.5. The Kier molecular flexibility index (Phi) is 5.81. The second-order valence-corrected chi connectivity index (χ2v) is 12.4. The van der Waals surface area contributed by atoms with Crippen LogP contribution < -0.4 is 0 Å². The fourth-order valence-electron chi connectivity index (χ4n) is 7.08. The van der Waals surface area contributed by atoms with Gasteiger partial charge in [-0.2, -0.15) is 0 Å². The van der Waals surface area contributed by atoms with Gasteiger partial charge in [0.05, 0.1) is 0 Å². The van der Waals surface area contributed by atoms with Gasteiger partial charge < -0.3 is 4.42 Å². The highest BCUT2D eigenvalue weighted by atomic mass is 16.3. The minimum absolute atomic E-state index is 0.122. The van der Waals surface area contributed by atoms with Crippen molar-refractivity contribution in [1.82, 2.24) is 15.0 Å². The molecule has 218 valence electrons. The van der Waals surface area contributed by atoms with Gasteiger partial charge in [0.1, 0.15) is 11.2 Å². The largest absolute Gasteiger partial charge is 0.456 e. The zero-order valence-electron chi connectivity index (χ0n) is 25.5. The third-order valence-electron chi connectivity index (χ3n) is 9.36. The van der Waals surface area contributed by atoms with Crippen LogP contribution in [0.25, 0.3) is 78.4 Å². The molecule has 0 aliphatic heterocycles. The van der Waals surface area contributed by atoms with Crippen LogP contribution in [-0.4, -0.2) is 15.0 Å². The summed E-state index contributed by atoms with van der Waals surface area (Å²) in [5.74, 6) is 1.87. The number of benzene rings is 6. The number of fused-ring (bicyclic) bond motifs is 6. The maximum absolute atomic E-state index is 6.41. The van der Waals surface area contributed by atoms with Gasteiger partial charge >= 0.3 is 0 Å². The second-order valence-electron chi connectivity index (χ2n) is 12.4. The molecule has 0 spiro atoms. The number of para-hydroxylation sites is 1. The minimum Gasteiger partial charge on any atom is -0.456 e. The number of aromatic nitrogens is 3. The van der Waals surface area contributed by atoms with E-state index in [1.165, 1.54) is 22.3 Å². The molecule has 0 radical (unpaired) electrons. The molecular formula is C42H29N3O. The number of hydrogen-bond donors (Lipinski definition) is 0. The summed E-state index contributed by atoms with van der Waals surface area (Å²) >= 11 is 0. The molecular weight excluding hydrogens is 562 g/mol. The fourth-order valence-corrected chi connectivity index (χ4v) is 7.08. The Morgan fingerprint density at radius 2 is 1.04 bits per heavy atom. The highest BCUT2D eigenvalue weighted by Crippen LogP contribution is 2.50. The third kappa shape index (κ3) is 4.04. The molecule has 46 heavy (non-hydrogen) atoms. The number of furan rings is 1. The Morgan fingerprint density at radius 3 is 1.78 bits per heavy atom. The summed E-state index contributed by atoms with van der Waals surface area (Å²) in [5.41, 5.74) is 11.8. The first-order valence-electron chi connectivity index (χ1n) is 15.6. The smallest absolute Gasteiger partial charge is 0.165 e. The molecule has 0 fully saturated rings. The van der Waals surface area contributed by atoms with Crippen molar-refractivity contribution in [3.8, 4) is 56.4 Å². The van der Waals surface area contributed by atoms with E-state index in [1.807, 2.05) is 72.8 Å². The van der Waals surface area contributed by atoms with E-state index in [9.17, 15) is 0 Å². The maximum atomic E-state index is 6.41. The Balaban J connectivity index is 1.36. The predicted octanol–water partition coefficient (Wildman–Crippen LogP) is 10.7. The summed E-state index contributed by atoms with van der Waals surface area (Å²) in [6.07, 6.45) is 0. The van der Waals surface area contributed by atoms with E-state index in [4.69, 9.17) is 19.4 Å². The van der Waals surface area contributed by atoms with Gasteiger partial charge in [0.15, 0.2) is 17.5 Å². The number of hydrogen-bond acceptors (Lipinski definition) is 4. The van der Waals surface area contributed by atoms with Crippen molar-refractivity contribution in [1.29, 1.82) is 0 Å². The van der Waals surface area contributed by atoms with Gasteiger partial charge in [-0.1, -0.05) is 129 Å². The summed E-state index contributed by atoms with van der Waals surface area (Å²) in [4.78, 5) is 15.4. The van der Waals surface area contributed by atoms with E-state index < -0.39 is 0 Å². The van der Waals surface area contributed by atoms with E-state index in [1.54, 1.807) is 0 Å². The van der Waals surface area contributed by atoms with E-state index in [0.29, 0.717) is 17.5 Å². The van der Waals surface area contributed by atoms with Crippen LogP contribution in [-0.2, 0) is 5.41 Å². The molecule has 4 heteroatoms. The van der Waals surface area contributed by atoms with Crippen LogP contribution >= 0.6 is 0 Å². The number of rotatable bonds is 4. The van der Waals surface area contributed by atoms with Crippen LogP contribution in [0.1, 0.15) is 25.0 Å². The highest BCUT2D eigenvalue weighted by Gasteiger charge is 2.35. The van der Waals surface area contributed by atoms with Gasteiger partial charge in [-0.15, -0.1) is 0 Å². The SMILES string of the molecule is CC1(C)c2ccccc2-c2ccc(-c3ccc4oc5ccccc5c4c3-c3nc(-c4ccccc4)nc(-c4ccccc4)n3)cc21. The van der Waals surface area contributed by atoms with Crippen molar-refractivity contribution >= 4 is 21.9 Å². The predicted molar refractivity (Wildman–Crippen MR) is 186 cm³/mol. The van der Waals surface area contributed by atoms with Gasteiger partial charge in [0.25, 0.3) is 0 Å². The standard InChI is InChI=1S/C42H29N3O/c1-42(2)33-19-11-9-17-30(33)31-22-21-28(25-34(31)42)29-23-24-36-37(32-18-10-12-20-35(32)46-36)38(29)41-44-39(26-13-5-3-6-14-26)43-40(45-41)27-15-7-4-8-16-27/h3-25H,1-2H3. The first kappa shape index (κ1) is 26.5. The molecule has 1 aliphatic rings. The van der Waals surface area contributed by atoms with Gasteiger partial charge in [0, 0.05) is 32.9 Å². The molecule has 0 saturated heterocycles. The summed E-state index contributed by atoms with van der Waals surface area (Å²) in [6, 6.07) is 48.3. The Labute approximate surface area is 267 Å². The molecule has 0 N–H and O–H groups in total. The monoisotopic (exact) mass is 591 g/mol. The van der Waals surface area contributed by atoms with Crippen LogP contribution in [0.3, 0.4) is 0 Å². The lowest BCUT2D eigenvalue weighted by atomic mass is 9.81. The summed E-state index contributed by atoms with van der Waals surface area (Å²) in [7, 11) is 0. The van der Waals surface area contributed by atoms with Gasteiger partial charge in [-0.25, -0.2) is 15.0 Å². The normalized spacial score (nSPS) is 13.2. The lowest BCUT2D eigenvalue weighted by Gasteiger charge is -2.22. The topological polar surface area (TPSA) is 51.8 Å². The Morgan fingerprint density at radius 1 is 0.457 bits per heavy atom. The molecule has 4 nitrogen and oxygen atoms in total. The molecule has 0 amide bonds. The molecule has 9 rings (SSSR count). The van der Waals surface area contributed by atoms with Crippen molar-refractivity contribution in [2.45, 2.75) is 19.3 Å². The molecule has 2 heterocycles. The highest BCUT2D eigenvalue weighted by molar-refractivity contribution is 6.15. The molecule has 6 aromatic carbocycles. The fraction of sp³-hybridized carbons (Fsp3) is 0.0714. The molecule has 0 atom stereocenters. The first-order valence-corrected chi connectivity index (χ1v) is 15.6. The third-order valence-corrected chi connectivity index (χ3v) is 9.36. The number of nitrogens with zero attached hydrogens (tertiary/aromatic N) is 3. The van der Waals surface area contributed by atoms with Crippen LogP contribution in [0.15, 0.2) is 144 Å². The van der Waals surface area contributed by atoms with Gasteiger partial charge in [-0.3, -0.25) is 0 Å². The molecule has 1 aliphatic carbocycles. The van der Waals surface area contributed by atoms with E-state index in [2.05, 4.69) is 80.6 Å². The Bertz CT molecular complexity index is 2380. The molecule has 0 saturated carbocycles. The molecule has 0 bridgehead atoms. The van der Waals surface area contributed by atoms with E-state index >= 15 is 0 Å². The van der Waals surface area contributed by atoms with Crippen molar-refractivity contribution in [2.24, 2.45) is 0 Å². The lowest BCUT2D eigenvalue weighted by molar-refractivity contribution is 0.660. The van der Waals surface area contributed by atoms with E-state index in [-0.39, 0.29) is 5.41 Å². The van der Waals surface area contributed by atoms with Crippen molar-refractivity contribution < 1.29 is 4.42 Å². The average molecular weight is 592 g/mol. The quantitative estimate of drug-likeness (QED) is 0.204. The molecule has 2 aromatic heterocycles. The van der Waals surface area contributed by atoms with Crippen LogP contribution in [0.2, 0.25) is 0 Å². The van der Waals surface area contributed by atoms with Gasteiger partial charge in [0.2, 0.25) is 0 Å². The van der Waals surface area contributed by atoms with Crippen molar-refractivity contribution in [2.75, 3.05) is 0 Å². The van der Waals surface area contributed by atoms with Crippen LogP contribution in [0.4, 0.5) is 0 Å². The summed E-state index contributed by atoms with van der Waals surface area (Å²) in [5, 5.41) is 2.03. The van der Waals surface area contributed by atoms with E-state index in [0.717, 1.165) is 49.8 Å². The maximum Gasteiger partial charge on any atom is 0.165 e. The van der Waals surface area contributed by atoms with Gasteiger partial charge in [-0.05, 0) is 57.6 Å². The zero-order chi connectivity index (χ0) is 30.8. The Hall–Kier alpha value is -5.87.